The first-order chi connectivity index (χ1) is 12.5. The maximum atomic E-state index is 12.8. The molecule has 5 nitrogen and oxygen atoms in total. The van der Waals surface area contributed by atoms with E-state index in [2.05, 4.69) is 10.0 Å². The minimum atomic E-state index is -3.96. The Kier molecular flexibility index (Phi) is 7.18. The van der Waals surface area contributed by atoms with Crippen LogP contribution in [0.15, 0.2) is 59.5 Å². The molecule has 0 radical (unpaired) electrons. The third-order valence-electron chi connectivity index (χ3n) is 3.62. The van der Waals surface area contributed by atoms with Gasteiger partial charge < -0.3 is 11.1 Å². The van der Waals surface area contributed by atoms with Crippen molar-refractivity contribution in [1.82, 2.24) is 10.0 Å². The summed E-state index contributed by atoms with van der Waals surface area (Å²) in [6.07, 6.45) is -1.23. The average molecular weight is 462 g/mol. The zero-order chi connectivity index (χ0) is 20.2. The van der Waals surface area contributed by atoms with Crippen LogP contribution in [0.4, 0.5) is 0 Å². The van der Waals surface area contributed by atoms with Crippen LogP contribution in [0, 0.1) is 6.92 Å². The zero-order valence-electron chi connectivity index (χ0n) is 14.1. The van der Waals surface area contributed by atoms with Gasteiger partial charge in [-0.15, -0.1) is 0 Å². The Labute approximate surface area is 179 Å². The molecule has 0 amide bonds. The van der Waals surface area contributed by atoms with Crippen LogP contribution in [0.25, 0.3) is 0 Å². The first kappa shape index (κ1) is 22.0. The van der Waals surface area contributed by atoms with Crippen molar-refractivity contribution in [3.8, 4) is 0 Å². The summed E-state index contributed by atoms with van der Waals surface area (Å²) in [7, 11) is -3.96. The van der Waals surface area contributed by atoms with Crippen LogP contribution in [-0.2, 0) is 14.4 Å². The fourth-order valence-electron chi connectivity index (χ4n) is 2.16. The Morgan fingerprint density at radius 3 is 2.15 bits per heavy atom. The maximum Gasteiger partial charge on any atom is 0.242 e. The van der Waals surface area contributed by atoms with Crippen molar-refractivity contribution >= 4 is 67.6 Å². The van der Waals surface area contributed by atoms with E-state index in [4.69, 9.17) is 53.4 Å². The first-order valence-electron chi connectivity index (χ1n) is 7.66. The van der Waals surface area contributed by atoms with Crippen LogP contribution in [0.3, 0.4) is 0 Å². The molecule has 0 fully saturated rings. The summed E-state index contributed by atoms with van der Waals surface area (Å²) in [4.78, 5) is -0.0942. The van der Waals surface area contributed by atoms with E-state index in [1.165, 1.54) is 12.1 Å². The molecule has 2 rings (SSSR count). The number of nitrogens with two attached hydrogens (primary N) is 1. The van der Waals surface area contributed by atoms with E-state index >= 15 is 0 Å². The highest BCUT2D eigenvalue weighted by Crippen LogP contribution is 2.37. The minimum Gasteiger partial charge on any atom is -0.388 e. The molecule has 0 heterocycles. The lowest BCUT2D eigenvalue weighted by molar-refractivity contribution is 0.500. The molecule has 0 spiro atoms. The molecule has 0 saturated heterocycles. The number of halogens is 2. The number of benzene rings is 2. The minimum absolute atomic E-state index is 0.0387. The number of sulfonamides is 1. The quantitative estimate of drug-likeness (QED) is 0.348. The van der Waals surface area contributed by atoms with Crippen LogP contribution in [-0.4, -0.2) is 24.6 Å². The number of alkyl halides is 2. The molecular formula is C17H17Cl2N3O2S3. The Balaban J connectivity index is 2.42. The molecular weight excluding hydrogens is 445 g/mol. The van der Waals surface area contributed by atoms with Gasteiger partial charge in [0.15, 0.2) is 4.33 Å². The lowest BCUT2D eigenvalue weighted by atomic mass is 10.1. The molecule has 4 N–H and O–H groups in total. The SMILES string of the molecule is Cc1ccc(S(=O)(=O)NC(NC(=S)C(N)=S)C(Cl)(Cl)c2ccccc2)cc1. The molecule has 10 heteroatoms. The highest BCUT2D eigenvalue weighted by Gasteiger charge is 2.40. The molecule has 2 aromatic carbocycles. The van der Waals surface area contributed by atoms with E-state index in [9.17, 15) is 8.42 Å². The standard InChI is InChI=1S/C17H17Cl2N3O2S3/c1-11-7-9-13(10-8-11)27(23,24)22-16(21-15(26)14(20)25)17(18,19)12-5-3-2-4-6-12/h2-10,16,22H,1H3,(H2,20,25)(H,21,26). The van der Waals surface area contributed by atoms with E-state index in [-0.39, 0.29) is 14.9 Å². The van der Waals surface area contributed by atoms with Gasteiger partial charge in [0.05, 0.1) is 4.90 Å². The second-order valence-electron chi connectivity index (χ2n) is 5.69. The second kappa shape index (κ2) is 8.81. The Bertz CT molecular complexity index is 934. The third-order valence-corrected chi connectivity index (χ3v) is 6.61. The van der Waals surface area contributed by atoms with Gasteiger partial charge in [-0.2, -0.15) is 4.72 Å². The highest BCUT2D eigenvalue weighted by molar-refractivity contribution is 7.89. The molecule has 0 aliphatic heterocycles. The molecule has 27 heavy (non-hydrogen) atoms. The van der Waals surface area contributed by atoms with Gasteiger partial charge in [0.2, 0.25) is 10.0 Å². The fourth-order valence-corrected chi connectivity index (χ4v) is 4.12. The van der Waals surface area contributed by atoms with Gasteiger partial charge in [0.25, 0.3) is 0 Å². The van der Waals surface area contributed by atoms with Gasteiger partial charge in [0, 0.05) is 0 Å². The van der Waals surface area contributed by atoms with Gasteiger partial charge in [0.1, 0.15) is 16.1 Å². The fraction of sp³-hybridized carbons (Fsp3) is 0.176. The molecule has 0 saturated carbocycles. The van der Waals surface area contributed by atoms with Crippen LogP contribution < -0.4 is 15.8 Å². The summed E-state index contributed by atoms with van der Waals surface area (Å²) >= 11 is 23.0. The third kappa shape index (κ3) is 5.60. The van der Waals surface area contributed by atoms with Crippen LogP contribution in [0.1, 0.15) is 11.1 Å². The number of nitrogens with one attached hydrogen (secondary N) is 2. The monoisotopic (exact) mass is 461 g/mol. The van der Waals surface area contributed by atoms with Gasteiger partial charge in [-0.25, -0.2) is 8.42 Å². The largest absolute Gasteiger partial charge is 0.388 e. The number of rotatable bonds is 6. The molecule has 0 aliphatic carbocycles. The van der Waals surface area contributed by atoms with E-state index < -0.39 is 20.5 Å². The Morgan fingerprint density at radius 1 is 1.07 bits per heavy atom. The number of hydrogen-bond donors (Lipinski definition) is 3. The predicted molar refractivity (Wildman–Crippen MR) is 118 cm³/mol. The summed E-state index contributed by atoms with van der Waals surface area (Å²) < 4.78 is 26.4. The van der Waals surface area contributed by atoms with Crippen LogP contribution >= 0.6 is 47.6 Å². The van der Waals surface area contributed by atoms with Crippen molar-refractivity contribution in [3.63, 3.8) is 0 Å². The van der Waals surface area contributed by atoms with Gasteiger partial charge >= 0.3 is 0 Å². The first-order valence-corrected chi connectivity index (χ1v) is 10.7. The second-order valence-corrected chi connectivity index (χ2v) is 9.64. The number of thiocarbonyl (C=S) groups is 2. The molecule has 0 bridgehead atoms. The molecule has 1 unspecified atom stereocenters. The number of hydrogen-bond acceptors (Lipinski definition) is 4. The number of aryl methyl sites for hydroxylation is 1. The van der Waals surface area contributed by atoms with E-state index in [0.717, 1.165) is 5.56 Å². The summed E-state index contributed by atoms with van der Waals surface area (Å²) in [5.74, 6) is 0. The maximum absolute atomic E-state index is 12.8. The van der Waals surface area contributed by atoms with Gasteiger partial charge in [-0.05, 0) is 24.6 Å². The lowest BCUT2D eigenvalue weighted by Crippen LogP contribution is -2.57. The average Bonchev–Trinajstić information content (AvgIpc) is 2.62. The van der Waals surface area contributed by atoms with Crippen molar-refractivity contribution in [1.29, 1.82) is 0 Å². The Hall–Kier alpha value is -1.29. The van der Waals surface area contributed by atoms with E-state index in [0.29, 0.717) is 5.56 Å². The summed E-state index contributed by atoms with van der Waals surface area (Å²) in [6.45, 7) is 1.85. The summed E-state index contributed by atoms with van der Waals surface area (Å²) in [5.41, 5.74) is 6.91. The van der Waals surface area contributed by atoms with Crippen molar-refractivity contribution in [2.75, 3.05) is 0 Å². The van der Waals surface area contributed by atoms with Gasteiger partial charge in [-0.1, -0.05) is 95.7 Å². The summed E-state index contributed by atoms with van der Waals surface area (Å²) in [5, 5.41) is 2.70. The normalized spacial score (nSPS) is 13.0. The molecule has 144 valence electrons. The molecule has 1 atom stereocenters. The van der Waals surface area contributed by atoms with Crippen LogP contribution in [0.2, 0.25) is 0 Å². The highest BCUT2D eigenvalue weighted by atomic mass is 35.5. The van der Waals surface area contributed by atoms with Crippen LogP contribution in [0.5, 0.6) is 0 Å². The van der Waals surface area contributed by atoms with Gasteiger partial charge in [-0.3, -0.25) is 0 Å². The van der Waals surface area contributed by atoms with Crippen molar-refractivity contribution in [2.45, 2.75) is 22.3 Å². The van der Waals surface area contributed by atoms with Crippen molar-refractivity contribution in [3.05, 3.63) is 65.7 Å². The van der Waals surface area contributed by atoms with Crippen molar-refractivity contribution in [2.24, 2.45) is 5.73 Å². The lowest BCUT2D eigenvalue weighted by Gasteiger charge is -2.32. The molecule has 2 aromatic rings. The Morgan fingerprint density at radius 2 is 1.63 bits per heavy atom. The van der Waals surface area contributed by atoms with E-state index in [1.54, 1.807) is 42.5 Å². The molecule has 0 aliphatic rings. The van der Waals surface area contributed by atoms with Crippen molar-refractivity contribution < 1.29 is 8.42 Å². The zero-order valence-corrected chi connectivity index (χ0v) is 18.1. The van der Waals surface area contributed by atoms with E-state index in [1.807, 2.05) is 6.92 Å². The topological polar surface area (TPSA) is 84.2 Å². The smallest absolute Gasteiger partial charge is 0.242 e. The molecule has 0 aromatic heterocycles. The summed E-state index contributed by atoms with van der Waals surface area (Å²) in [6, 6.07) is 14.9. The predicted octanol–water partition coefficient (Wildman–Crippen LogP) is 3.13.